The molecule has 0 aliphatic carbocycles. The van der Waals surface area contributed by atoms with E-state index in [-0.39, 0.29) is 5.41 Å². The number of nitrogens with zero attached hydrogens (tertiary/aromatic N) is 2. The largest absolute Gasteiger partial charge is 0.369 e. The molecule has 1 aromatic carbocycles. The Labute approximate surface area is 134 Å². The molecule has 0 saturated carbocycles. The molecule has 1 aliphatic rings. The average molecular weight is 310 g/mol. The van der Waals surface area contributed by atoms with Gasteiger partial charge in [0.25, 0.3) is 0 Å². The molecule has 1 heterocycles. The maximum absolute atomic E-state index is 6.09. The van der Waals surface area contributed by atoms with Gasteiger partial charge in [0.1, 0.15) is 0 Å². The molecule has 3 nitrogen and oxygen atoms in total. The summed E-state index contributed by atoms with van der Waals surface area (Å²) < 4.78 is 0. The smallest absolute Gasteiger partial charge is 0.0426 e. The van der Waals surface area contributed by atoms with Gasteiger partial charge < -0.3 is 10.2 Å². The number of piperazine rings is 1. The van der Waals surface area contributed by atoms with Crippen LogP contribution >= 0.6 is 11.6 Å². The van der Waals surface area contributed by atoms with Crippen LogP contribution < -0.4 is 10.2 Å². The summed E-state index contributed by atoms with van der Waals surface area (Å²) in [6.07, 6.45) is 0. The first kappa shape index (κ1) is 16.6. The molecular formula is C17H28ClN3. The van der Waals surface area contributed by atoms with Gasteiger partial charge in [0.2, 0.25) is 0 Å². The Morgan fingerprint density at radius 1 is 1.24 bits per heavy atom. The molecule has 1 aromatic rings. The van der Waals surface area contributed by atoms with E-state index in [0.29, 0.717) is 6.04 Å². The van der Waals surface area contributed by atoms with Crippen molar-refractivity contribution in [3.63, 3.8) is 0 Å². The van der Waals surface area contributed by atoms with Crippen molar-refractivity contribution < 1.29 is 0 Å². The third kappa shape index (κ3) is 4.35. The van der Waals surface area contributed by atoms with Crippen molar-refractivity contribution in [2.24, 2.45) is 5.41 Å². The molecule has 0 radical (unpaired) electrons. The Bertz CT molecular complexity index is 453. The van der Waals surface area contributed by atoms with Gasteiger partial charge in [0.05, 0.1) is 0 Å². The van der Waals surface area contributed by atoms with E-state index >= 15 is 0 Å². The summed E-state index contributed by atoms with van der Waals surface area (Å²) in [5.41, 5.74) is 1.53. The fourth-order valence-corrected chi connectivity index (χ4v) is 3.13. The van der Waals surface area contributed by atoms with Crippen LogP contribution in [0.5, 0.6) is 0 Å². The first-order chi connectivity index (χ1) is 9.92. The van der Waals surface area contributed by atoms with E-state index in [2.05, 4.69) is 48.0 Å². The molecule has 0 spiro atoms. The predicted octanol–water partition coefficient (Wildman–Crippen LogP) is 3.10. The van der Waals surface area contributed by atoms with Gasteiger partial charge in [0.15, 0.2) is 0 Å². The zero-order valence-electron chi connectivity index (χ0n) is 13.7. The summed E-state index contributed by atoms with van der Waals surface area (Å²) in [4.78, 5) is 5.01. The molecule has 21 heavy (non-hydrogen) atoms. The summed E-state index contributed by atoms with van der Waals surface area (Å²) in [7, 11) is 2.05. The number of anilines is 1. The van der Waals surface area contributed by atoms with E-state index in [1.165, 1.54) is 5.69 Å². The SMILES string of the molecule is CNC(C)C(C)(C)CN1CCN(c2cccc(Cl)c2)CC1. The van der Waals surface area contributed by atoms with Gasteiger partial charge in [-0.25, -0.2) is 0 Å². The maximum atomic E-state index is 6.09. The van der Waals surface area contributed by atoms with Gasteiger partial charge in [-0.1, -0.05) is 31.5 Å². The molecule has 1 saturated heterocycles. The Morgan fingerprint density at radius 2 is 1.90 bits per heavy atom. The second-order valence-electron chi connectivity index (χ2n) is 6.74. The Morgan fingerprint density at radius 3 is 2.48 bits per heavy atom. The van der Waals surface area contributed by atoms with Gasteiger partial charge in [0, 0.05) is 49.5 Å². The molecule has 2 rings (SSSR count). The lowest BCUT2D eigenvalue weighted by atomic mass is 9.84. The number of rotatable bonds is 5. The summed E-state index contributed by atoms with van der Waals surface area (Å²) in [6.45, 7) is 12.5. The van der Waals surface area contributed by atoms with E-state index in [0.717, 1.165) is 37.7 Å². The highest BCUT2D eigenvalue weighted by Crippen LogP contribution is 2.24. The minimum Gasteiger partial charge on any atom is -0.369 e. The lowest BCUT2D eigenvalue weighted by molar-refractivity contribution is 0.140. The van der Waals surface area contributed by atoms with Gasteiger partial charge in [-0.05, 0) is 37.6 Å². The van der Waals surface area contributed by atoms with Crippen LogP contribution in [0.4, 0.5) is 5.69 Å². The average Bonchev–Trinajstić information content (AvgIpc) is 2.46. The van der Waals surface area contributed by atoms with Gasteiger partial charge in [-0.15, -0.1) is 0 Å². The third-order valence-corrected chi connectivity index (χ3v) is 5.02. The molecule has 0 aromatic heterocycles. The zero-order valence-corrected chi connectivity index (χ0v) is 14.5. The van der Waals surface area contributed by atoms with Crippen LogP contribution in [0.25, 0.3) is 0 Å². The molecule has 118 valence electrons. The fourth-order valence-electron chi connectivity index (χ4n) is 2.94. The fraction of sp³-hybridized carbons (Fsp3) is 0.647. The Balaban J connectivity index is 1.89. The van der Waals surface area contributed by atoms with Crippen molar-refractivity contribution in [2.45, 2.75) is 26.8 Å². The summed E-state index contributed by atoms with van der Waals surface area (Å²) in [6, 6.07) is 8.69. The summed E-state index contributed by atoms with van der Waals surface area (Å²) >= 11 is 6.09. The second-order valence-corrected chi connectivity index (χ2v) is 7.18. The lowest BCUT2D eigenvalue weighted by Crippen LogP contribution is -2.52. The number of hydrogen-bond acceptors (Lipinski definition) is 3. The molecule has 1 N–H and O–H groups in total. The van der Waals surface area contributed by atoms with Crippen LogP contribution in [0.1, 0.15) is 20.8 Å². The van der Waals surface area contributed by atoms with Crippen LogP contribution in [0, 0.1) is 5.41 Å². The molecule has 1 aliphatic heterocycles. The van der Waals surface area contributed by atoms with E-state index in [1.54, 1.807) is 0 Å². The number of benzene rings is 1. The van der Waals surface area contributed by atoms with Crippen molar-refractivity contribution in [1.29, 1.82) is 0 Å². The molecule has 1 fully saturated rings. The number of nitrogens with one attached hydrogen (secondary N) is 1. The predicted molar refractivity (Wildman–Crippen MR) is 92.4 cm³/mol. The van der Waals surface area contributed by atoms with E-state index in [4.69, 9.17) is 11.6 Å². The second kappa shape index (κ2) is 6.99. The van der Waals surface area contributed by atoms with E-state index in [9.17, 15) is 0 Å². The summed E-state index contributed by atoms with van der Waals surface area (Å²) in [5.74, 6) is 0. The quantitative estimate of drug-likeness (QED) is 0.901. The van der Waals surface area contributed by atoms with Crippen molar-refractivity contribution in [3.05, 3.63) is 29.3 Å². The monoisotopic (exact) mass is 309 g/mol. The molecule has 0 amide bonds. The van der Waals surface area contributed by atoms with Crippen LogP contribution in [-0.2, 0) is 0 Å². The van der Waals surface area contributed by atoms with E-state index in [1.807, 2.05) is 19.2 Å². The molecule has 0 bridgehead atoms. The van der Waals surface area contributed by atoms with Crippen molar-refractivity contribution in [3.8, 4) is 0 Å². The van der Waals surface area contributed by atoms with Crippen LogP contribution in [0.3, 0.4) is 0 Å². The highest BCUT2D eigenvalue weighted by molar-refractivity contribution is 6.30. The van der Waals surface area contributed by atoms with E-state index < -0.39 is 0 Å². The topological polar surface area (TPSA) is 18.5 Å². The van der Waals surface area contributed by atoms with Gasteiger partial charge in [-0.2, -0.15) is 0 Å². The first-order valence-electron chi connectivity index (χ1n) is 7.82. The van der Waals surface area contributed by atoms with Gasteiger partial charge >= 0.3 is 0 Å². The minimum atomic E-state index is 0.285. The van der Waals surface area contributed by atoms with Crippen LogP contribution in [0.15, 0.2) is 24.3 Å². The van der Waals surface area contributed by atoms with Crippen molar-refractivity contribution in [1.82, 2.24) is 10.2 Å². The zero-order chi connectivity index (χ0) is 15.5. The molecular weight excluding hydrogens is 282 g/mol. The highest BCUT2D eigenvalue weighted by atomic mass is 35.5. The highest BCUT2D eigenvalue weighted by Gasteiger charge is 2.29. The number of halogens is 1. The first-order valence-corrected chi connectivity index (χ1v) is 8.20. The molecule has 1 atom stereocenters. The Hall–Kier alpha value is -0.770. The van der Waals surface area contributed by atoms with Crippen LogP contribution in [-0.4, -0.2) is 50.7 Å². The summed E-state index contributed by atoms with van der Waals surface area (Å²) in [5, 5.41) is 4.20. The number of hydrogen-bond donors (Lipinski definition) is 1. The Kier molecular flexibility index (Phi) is 5.53. The van der Waals surface area contributed by atoms with Crippen molar-refractivity contribution >= 4 is 17.3 Å². The normalized spacial score (nSPS) is 18.8. The van der Waals surface area contributed by atoms with Gasteiger partial charge in [-0.3, -0.25) is 4.90 Å². The third-order valence-electron chi connectivity index (χ3n) is 4.78. The lowest BCUT2D eigenvalue weighted by Gasteiger charge is -2.41. The minimum absolute atomic E-state index is 0.285. The molecule has 1 unspecified atom stereocenters. The standard InChI is InChI=1S/C17H28ClN3/c1-14(19-4)17(2,3)13-20-8-10-21(11-9-20)16-7-5-6-15(18)12-16/h5-7,12,14,19H,8-11,13H2,1-4H3. The van der Waals surface area contributed by atoms with Crippen LogP contribution in [0.2, 0.25) is 5.02 Å². The van der Waals surface area contributed by atoms with Crippen molar-refractivity contribution in [2.75, 3.05) is 44.7 Å². The molecule has 4 heteroatoms. The maximum Gasteiger partial charge on any atom is 0.0426 e.